The number of hydrogen-bond donors (Lipinski definition) is 3. The standard InChI is InChI=1S/C22H20N2O4/c1-15(25)23-18-10-11-20(21(26)13-18)22(27)24-17-8-5-9-19(12-17)28-14-16-6-3-2-4-7-16/h2-13,26H,14H2,1H3,(H,23,25)(H,24,27). The summed E-state index contributed by atoms with van der Waals surface area (Å²) >= 11 is 0. The van der Waals surface area contributed by atoms with Gasteiger partial charge in [0.1, 0.15) is 18.1 Å². The van der Waals surface area contributed by atoms with E-state index in [1.165, 1.54) is 19.1 Å². The average molecular weight is 376 g/mol. The Hall–Kier alpha value is -3.80. The fourth-order valence-electron chi connectivity index (χ4n) is 2.61. The Labute approximate surface area is 162 Å². The highest BCUT2D eigenvalue weighted by molar-refractivity contribution is 6.06. The Kier molecular flexibility index (Phi) is 5.91. The average Bonchev–Trinajstić information content (AvgIpc) is 2.67. The lowest BCUT2D eigenvalue weighted by Crippen LogP contribution is -2.13. The monoisotopic (exact) mass is 376 g/mol. The summed E-state index contributed by atoms with van der Waals surface area (Å²) in [7, 11) is 0. The van der Waals surface area contributed by atoms with Crippen molar-refractivity contribution in [2.24, 2.45) is 0 Å². The van der Waals surface area contributed by atoms with Crippen molar-refractivity contribution in [3.8, 4) is 11.5 Å². The molecular weight excluding hydrogens is 356 g/mol. The minimum atomic E-state index is -0.466. The van der Waals surface area contributed by atoms with Crippen LogP contribution in [0.2, 0.25) is 0 Å². The van der Waals surface area contributed by atoms with E-state index in [1.807, 2.05) is 30.3 Å². The Balaban J connectivity index is 1.66. The van der Waals surface area contributed by atoms with E-state index in [2.05, 4.69) is 10.6 Å². The molecule has 0 saturated carbocycles. The third kappa shape index (κ3) is 5.11. The minimum absolute atomic E-state index is 0.102. The van der Waals surface area contributed by atoms with Crippen LogP contribution in [0.4, 0.5) is 11.4 Å². The van der Waals surface area contributed by atoms with Crippen molar-refractivity contribution in [1.29, 1.82) is 0 Å². The van der Waals surface area contributed by atoms with Crippen molar-refractivity contribution >= 4 is 23.2 Å². The molecule has 0 fully saturated rings. The first-order valence-corrected chi connectivity index (χ1v) is 8.70. The molecule has 0 aliphatic rings. The number of phenols is 1. The van der Waals surface area contributed by atoms with E-state index in [9.17, 15) is 14.7 Å². The summed E-state index contributed by atoms with van der Waals surface area (Å²) in [5.74, 6) is -0.330. The predicted molar refractivity (Wildman–Crippen MR) is 108 cm³/mol. The summed E-state index contributed by atoms with van der Waals surface area (Å²) in [6, 6.07) is 21.1. The summed E-state index contributed by atoms with van der Waals surface area (Å²) in [5, 5.41) is 15.4. The molecule has 0 radical (unpaired) electrons. The fourth-order valence-corrected chi connectivity index (χ4v) is 2.61. The van der Waals surface area contributed by atoms with Crippen LogP contribution in [0.3, 0.4) is 0 Å². The van der Waals surface area contributed by atoms with E-state index in [1.54, 1.807) is 30.3 Å². The number of benzene rings is 3. The van der Waals surface area contributed by atoms with Crippen LogP contribution in [-0.2, 0) is 11.4 Å². The fraction of sp³-hybridized carbons (Fsp3) is 0.0909. The molecule has 0 spiro atoms. The van der Waals surface area contributed by atoms with Gasteiger partial charge in [0.2, 0.25) is 5.91 Å². The maximum Gasteiger partial charge on any atom is 0.259 e. The van der Waals surface area contributed by atoms with Gasteiger partial charge in [-0.1, -0.05) is 36.4 Å². The molecule has 3 N–H and O–H groups in total. The first-order chi connectivity index (χ1) is 13.5. The van der Waals surface area contributed by atoms with Gasteiger partial charge < -0.3 is 20.5 Å². The number of ether oxygens (including phenoxy) is 1. The van der Waals surface area contributed by atoms with Gasteiger partial charge in [-0.2, -0.15) is 0 Å². The van der Waals surface area contributed by atoms with Gasteiger partial charge in [0.25, 0.3) is 5.91 Å². The summed E-state index contributed by atoms with van der Waals surface area (Å²) < 4.78 is 5.76. The van der Waals surface area contributed by atoms with Crippen molar-refractivity contribution in [3.63, 3.8) is 0 Å². The third-order valence-corrected chi connectivity index (χ3v) is 3.90. The summed E-state index contributed by atoms with van der Waals surface area (Å²) in [4.78, 5) is 23.5. The quantitative estimate of drug-likeness (QED) is 0.602. The van der Waals surface area contributed by atoms with Crippen LogP contribution < -0.4 is 15.4 Å². The van der Waals surface area contributed by atoms with Crippen molar-refractivity contribution in [1.82, 2.24) is 0 Å². The molecule has 3 aromatic carbocycles. The number of aromatic hydroxyl groups is 1. The number of nitrogens with one attached hydrogen (secondary N) is 2. The second kappa shape index (κ2) is 8.73. The lowest BCUT2D eigenvalue weighted by atomic mass is 10.1. The van der Waals surface area contributed by atoms with Crippen LogP contribution in [0.1, 0.15) is 22.8 Å². The summed E-state index contributed by atoms with van der Waals surface area (Å²) in [6.07, 6.45) is 0. The van der Waals surface area contributed by atoms with E-state index in [-0.39, 0.29) is 17.2 Å². The molecule has 0 aliphatic carbocycles. The normalized spacial score (nSPS) is 10.2. The zero-order valence-electron chi connectivity index (χ0n) is 15.3. The first kappa shape index (κ1) is 19.0. The summed E-state index contributed by atoms with van der Waals surface area (Å²) in [6.45, 7) is 1.79. The molecule has 6 nitrogen and oxygen atoms in total. The number of carbonyl (C=O) groups excluding carboxylic acids is 2. The topological polar surface area (TPSA) is 87.7 Å². The number of amides is 2. The molecule has 0 aromatic heterocycles. The highest BCUT2D eigenvalue weighted by Gasteiger charge is 2.13. The van der Waals surface area contributed by atoms with Crippen LogP contribution in [0.15, 0.2) is 72.8 Å². The molecule has 3 rings (SSSR count). The molecule has 0 saturated heterocycles. The maximum atomic E-state index is 12.5. The molecule has 6 heteroatoms. The van der Waals surface area contributed by atoms with Gasteiger partial charge in [0.15, 0.2) is 0 Å². The molecule has 0 atom stereocenters. The smallest absolute Gasteiger partial charge is 0.259 e. The van der Waals surface area contributed by atoms with Crippen LogP contribution >= 0.6 is 0 Å². The van der Waals surface area contributed by atoms with Crippen LogP contribution in [0.25, 0.3) is 0 Å². The maximum absolute atomic E-state index is 12.5. The van der Waals surface area contributed by atoms with Crippen LogP contribution in [0.5, 0.6) is 11.5 Å². The number of phenolic OH excluding ortho intramolecular Hbond substituents is 1. The van der Waals surface area contributed by atoms with Gasteiger partial charge in [-0.05, 0) is 29.8 Å². The Morgan fingerprint density at radius 3 is 2.36 bits per heavy atom. The number of hydrogen-bond acceptors (Lipinski definition) is 4. The van der Waals surface area contributed by atoms with Crippen molar-refractivity contribution in [2.75, 3.05) is 10.6 Å². The first-order valence-electron chi connectivity index (χ1n) is 8.70. The van der Waals surface area contributed by atoms with E-state index >= 15 is 0 Å². The van der Waals surface area contributed by atoms with Crippen molar-refractivity contribution in [3.05, 3.63) is 83.9 Å². The van der Waals surface area contributed by atoms with Gasteiger partial charge in [-0.3, -0.25) is 9.59 Å². The number of rotatable bonds is 6. The van der Waals surface area contributed by atoms with E-state index in [4.69, 9.17) is 4.74 Å². The highest BCUT2D eigenvalue weighted by atomic mass is 16.5. The van der Waals surface area contributed by atoms with E-state index in [0.717, 1.165) is 5.56 Å². The van der Waals surface area contributed by atoms with Crippen molar-refractivity contribution < 1.29 is 19.4 Å². The van der Waals surface area contributed by atoms with Crippen molar-refractivity contribution in [2.45, 2.75) is 13.5 Å². The molecule has 0 heterocycles. The summed E-state index contributed by atoms with van der Waals surface area (Å²) in [5.41, 5.74) is 2.10. The molecule has 142 valence electrons. The van der Waals surface area contributed by atoms with Crippen LogP contribution in [0, 0.1) is 0 Å². The van der Waals surface area contributed by atoms with Gasteiger partial charge in [0.05, 0.1) is 5.56 Å². The molecule has 0 aliphatic heterocycles. The SMILES string of the molecule is CC(=O)Nc1ccc(C(=O)Nc2cccc(OCc3ccccc3)c2)c(O)c1. The van der Waals surface area contributed by atoms with Crippen LogP contribution in [-0.4, -0.2) is 16.9 Å². The Bertz CT molecular complexity index is 987. The third-order valence-electron chi connectivity index (χ3n) is 3.90. The molecule has 0 unspecified atom stereocenters. The predicted octanol–water partition coefficient (Wildman–Crippen LogP) is 4.18. The van der Waals surface area contributed by atoms with Gasteiger partial charge >= 0.3 is 0 Å². The second-order valence-electron chi connectivity index (χ2n) is 6.17. The molecular formula is C22H20N2O4. The molecule has 0 bridgehead atoms. The Morgan fingerprint density at radius 2 is 1.64 bits per heavy atom. The molecule has 3 aromatic rings. The van der Waals surface area contributed by atoms with Gasteiger partial charge in [0, 0.05) is 30.4 Å². The zero-order valence-corrected chi connectivity index (χ0v) is 15.3. The largest absolute Gasteiger partial charge is 0.507 e. The van der Waals surface area contributed by atoms with Gasteiger partial charge in [-0.25, -0.2) is 0 Å². The highest BCUT2D eigenvalue weighted by Crippen LogP contribution is 2.24. The lowest BCUT2D eigenvalue weighted by Gasteiger charge is -2.11. The number of carbonyl (C=O) groups is 2. The lowest BCUT2D eigenvalue weighted by molar-refractivity contribution is -0.114. The minimum Gasteiger partial charge on any atom is -0.507 e. The number of anilines is 2. The zero-order chi connectivity index (χ0) is 19.9. The Morgan fingerprint density at radius 1 is 0.893 bits per heavy atom. The van der Waals surface area contributed by atoms with E-state index < -0.39 is 5.91 Å². The second-order valence-corrected chi connectivity index (χ2v) is 6.17. The molecule has 28 heavy (non-hydrogen) atoms. The van der Waals surface area contributed by atoms with Gasteiger partial charge in [-0.15, -0.1) is 0 Å². The van der Waals surface area contributed by atoms with E-state index in [0.29, 0.717) is 23.7 Å². The molecule has 2 amide bonds.